The topological polar surface area (TPSA) is 115 Å². The van der Waals surface area contributed by atoms with Crippen LogP contribution in [0, 0.1) is 11.8 Å². The van der Waals surface area contributed by atoms with Crippen LogP contribution in [0.2, 0.25) is 0 Å². The van der Waals surface area contributed by atoms with Crippen molar-refractivity contribution in [1.82, 2.24) is 15.3 Å². The lowest BCUT2D eigenvalue weighted by atomic mass is 10.1. The number of aromatic nitrogens is 2. The molecular weight excluding hydrogens is 274 g/mol. The molecule has 1 fully saturated rings. The van der Waals surface area contributed by atoms with Gasteiger partial charge in [-0.05, 0) is 31.0 Å². The molecule has 1 aromatic heterocycles. The number of fused-ring (bicyclic) bond motifs is 1. The lowest BCUT2D eigenvalue weighted by Gasteiger charge is -2.14. The fourth-order valence-corrected chi connectivity index (χ4v) is 2.48. The van der Waals surface area contributed by atoms with Gasteiger partial charge in [0.1, 0.15) is 0 Å². The maximum absolute atomic E-state index is 11.9. The van der Waals surface area contributed by atoms with Gasteiger partial charge in [-0.1, -0.05) is 6.07 Å². The standard InChI is InChI=1S/C14H15N3O4/c1-6(15-12(18)8-5-9(8)13(19)20)7-2-3-10-11(4-7)17-14(21)16-10/h2-4,6,8-9H,5H2,1H3,(H,15,18)(H,19,20)(H2,16,17,21). The molecule has 1 aromatic carbocycles. The van der Waals surface area contributed by atoms with Gasteiger partial charge in [-0.25, -0.2) is 4.79 Å². The Morgan fingerprint density at radius 3 is 2.67 bits per heavy atom. The Bertz CT molecular complexity index is 776. The Hall–Kier alpha value is -2.57. The van der Waals surface area contributed by atoms with E-state index >= 15 is 0 Å². The van der Waals surface area contributed by atoms with Crippen LogP contribution in [-0.4, -0.2) is 27.0 Å². The summed E-state index contributed by atoms with van der Waals surface area (Å²) in [6.45, 7) is 1.82. The second-order valence-electron chi connectivity index (χ2n) is 5.40. The molecule has 21 heavy (non-hydrogen) atoms. The minimum Gasteiger partial charge on any atom is -0.481 e. The van der Waals surface area contributed by atoms with Gasteiger partial charge >= 0.3 is 11.7 Å². The number of rotatable bonds is 4. The van der Waals surface area contributed by atoms with E-state index in [1.807, 2.05) is 13.0 Å². The van der Waals surface area contributed by atoms with Crippen LogP contribution in [0.25, 0.3) is 11.0 Å². The first-order valence-corrected chi connectivity index (χ1v) is 6.71. The van der Waals surface area contributed by atoms with E-state index in [2.05, 4.69) is 15.3 Å². The van der Waals surface area contributed by atoms with E-state index in [1.54, 1.807) is 12.1 Å². The van der Waals surface area contributed by atoms with Crippen LogP contribution >= 0.6 is 0 Å². The number of hydrogen-bond acceptors (Lipinski definition) is 3. The van der Waals surface area contributed by atoms with E-state index in [9.17, 15) is 14.4 Å². The van der Waals surface area contributed by atoms with Crippen LogP contribution in [-0.2, 0) is 9.59 Å². The number of benzene rings is 1. The predicted molar refractivity (Wildman–Crippen MR) is 74.7 cm³/mol. The second-order valence-corrected chi connectivity index (χ2v) is 5.40. The lowest BCUT2D eigenvalue weighted by molar-refractivity contribution is -0.140. The number of carboxylic acid groups (broad SMARTS) is 1. The number of amides is 1. The van der Waals surface area contributed by atoms with Crippen LogP contribution in [0.1, 0.15) is 24.9 Å². The highest BCUT2D eigenvalue weighted by Crippen LogP contribution is 2.39. The summed E-state index contributed by atoms with van der Waals surface area (Å²) in [5.41, 5.74) is 1.95. The molecule has 0 spiro atoms. The van der Waals surface area contributed by atoms with Crippen molar-refractivity contribution in [3.63, 3.8) is 0 Å². The number of hydrogen-bond donors (Lipinski definition) is 4. The lowest BCUT2D eigenvalue weighted by Crippen LogP contribution is -2.29. The Labute approximate surface area is 119 Å². The van der Waals surface area contributed by atoms with Crippen molar-refractivity contribution >= 4 is 22.9 Å². The Morgan fingerprint density at radius 1 is 1.29 bits per heavy atom. The molecule has 7 heteroatoms. The molecule has 2 aromatic rings. The third kappa shape index (κ3) is 2.54. The molecular formula is C14H15N3O4. The van der Waals surface area contributed by atoms with Gasteiger partial charge in [0, 0.05) is 0 Å². The predicted octanol–water partition coefficient (Wildman–Crippen LogP) is 0.754. The molecule has 1 amide bonds. The Morgan fingerprint density at radius 2 is 2.00 bits per heavy atom. The Balaban J connectivity index is 1.72. The van der Waals surface area contributed by atoms with Gasteiger partial charge in [0.25, 0.3) is 0 Å². The van der Waals surface area contributed by atoms with Gasteiger partial charge in [-0.3, -0.25) is 9.59 Å². The summed E-state index contributed by atoms with van der Waals surface area (Å²) < 4.78 is 0. The summed E-state index contributed by atoms with van der Waals surface area (Å²) in [6.07, 6.45) is 0.401. The van der Waals surface area contributed by atoms with Crippen LogP contribution in [0.3, 0.4) is 0 Å². The number of H-pyrrole nitrogens is 2. The number of nitrogens with one attached hydrogen (secondary N) is 3. The summed E-state index contributed by atoms with van der Waals surface area (Å²) in [5, 5.41) is 11.6. The van der Waals surface area contributed by atoms with Gasteiger partial charge in [0.2, 0.25) is 5.91 Å². The smallest absolute Gasteiger partial charge is 0.323 e. The van der Waals surface area contributed by atoms with E-state index in [4.69, 9.17) is 5.11 Å². The van der Waals surface area contributed by atoms with Gasteiger partial charge in [-0.15, -0.1) is 0 Å². The first-order chi connectivity index (χ1) is 9.95. The average molecular weight is 289 g/mol. The number of carbonyl (C=O) groups is 2. The summed E-state index contributed by atoms with van der Waals surface area (Å²) in [6, 6.07) is 5.12. The second kappa shape index (κ2) is 4.76. The first-order valence-electron chi connectivity index (χ1n) is 6.71. The van der Waals surface area contributed by atoms with Crippen molar-refractivity contribution in [1.29, 1.82) is 0 Å². The fraction of sp³-hybridized carbons (Fsp3) is 0.357. The van der Waals surface area contributed by atoms with Crippen LogP contribution in [0.15, 0.2) is 23.0 Å². The van der Waals surface area contributed by atoms with Gasteiger partial charge in [0.15, 0.2) is 0 Å². The molecule has 0 saturated heterocycles. The molecule has 1 aliphatic rings. The van der Waals surface area contributed by atoms with Gasteiger partial charge in [-0.2, -0.15) is 0 Å². The van der Waals surface area contributed by atoms with Crippen LogP contribution in [0.5, 0.6) is 0 Å². The zero-order valence-electron chi connectivity index (χ0n) is 11.3. The van der Waals surface area contributed by atoms with Gasteiger partial charge in [0.05, 0.1) is 28.9 Å². The quantitative estimate of drug-likeness (QED) is 0.665. The molecule has 3 rings (SSSR count). The molecule has 110 valence electrons. The van der Waals surface area contributed by atoms with Crippen molar-refractivity contribution in [2.45, 2.75) is 19.4 Å². The van der Waals surface area contributed by atoms with E-state index in [0.717, 1.165) is 5.56 Å². The third-order valence-electron chi connectivity index (χ3n) is 3.84. The van der Waals surface area contributed by atoms with Crippen molar-refractivity contribution in [3.05, 3.63) is 34.2 Å². The van der Waals surface area contributed by atoms with Crippen LogP contribution < -0.4 is 11.0 Å². The molecule has 1 saturated carbocycles. The van der Waals surface area contributed by atoms with Crippen molar-refractivity contribution in [2.24, 2.45) is 11.8 Å². The van der Waals surface area contributed by atoms with Crippen molar-refractivity contribution in [3.8, 4) is 0 Å². The minimum absolute atomic E-state index is 0.238. The SMILES string of the molecule is CC(NC(=O)C1CC1C(=O)O)c1ccc2[nH]c(=O)[nH]c2c1. The Kier molecular flexibility index (Phi) is 3.04. The molecule has 3 atom stereocenters. The van der Waals surface area contributed by atoms with E-state index in [1.165, 1.54) is 0 Å². The van der Waals surface area contributed by atoms with Crippen LogP contribution in [0.4, 0.5) is 0 Å². The van der Waals surface area contributed by atoms with Crippen molar-refractivity contribution in [2.75, 3.05) is 0 Å². The summed E-state index contributed by atoms with van der Waals surface area (Å²) >= 11 is 0. The zero-order valence-corrected chi connectivity index (χ0v) is 11.3. The summed E-state index contributed by atoms with van der Waals surface area (Å²) in [4.78, 5) is 39.2. The third-order valence-corrected chi connectivity index (χ3v) is 3.84. The normalized spacial score (nSPS) is 22.0. The number of carbonyl (C=O) groups excluding carboxylic acids is 1. The summed E-state index contributed by atoms with van der Waals surface area (Å²) in [5.74, 6) is -2.15. The molecule has 0 aliphatic heterocycles. The van der Waals surface area contributed by atoms with Crippen molar-refractivity contribution < 1.29 is 14.7 Å². The highest BCUT2D eigenvalue weighted by molar-refractivity contribution is 5.89. The first kappa shape index (κ1) is 13.4. The highest BCUT2D eigenvalue weighted by atomic mass is 16.4. The largest absolute Gasteiger partial charge is 0.481 e. The monoisotopic (exact) mass is 289 g/mol. The number of carboxylic acids is 1. The van der Waals surface area contributed by atoms with E-state index < -0.39 is 17.8 Å². The number of aliphatic carboxylic acids is 1. The number of imidazole rings is 1. The fourth-order valence-electron chi connectivity index (χ4n) is 2.48. The molecule has 0 bridgehead atoms. The minimum atomic E-state index is -0.922. The van der Waals surface area contributed by atoms with E-state index in [-0.39, 0.29) is 17.6 Å². The van der Waals surface area contributed by atoms with E-state index in [0.29, 0.717) is 17.5 Å². The number of aromatic amines is 2. The molecule has 4 N–H and O–H groups in total. The average Bonchev–Trinajstić information content (AvgIpc) is 3.14. The van der Waals surface area contributed by atoms with Gasteiger partial charge < -0.3 is 20.4 Å². The molecule has 7 nitrogen and oxygen atoms in total. The maximum atomic E-state index is 11.9. The molecule has 3 unspecified atom stereocenters. The molecule has 1 aliphatic carbocycles. The maximum Gasteiger partial charge on any atom is 0.323 e. The zero-order chi connectivity index (χ0) is 15.1. The molecule has 1 heterocycles. The highest BCUT2D eigenvalue weighted by Gasteiger charge is 2.48. The summed E-state index contributed by atoms with van der Waals surface area (Å²) in [7, 11) is 0. The molecule has 0 radical (unpaired) electrons.